The molecule has 0 radical (unpaired) electrons. The molecule has 1 unspecified atom stereocenters. The average Bonchev–Trinajstić information content (AvgIpc) is 3.17. The zero-order valence-corrected chi connectivity index (χ0v) is 13.3. The summed E-state index contributed by atoms with van der Waals surface area (Å²) in [6.07, 6.45) is 5.59. The van der Waals surface area contributed by atoms with Crippen molar-refractivity contribution in [2.24, 2.45) is 0 Å². The van der Waals surface area contributed by atoms with Gasteiger partial charge < -0.3 is 10.3 Å². The molecular weight excluding hydrogens is 288 g/mol. The molecule has 0 bridgehead atoms. The average molecular weight is 308 g/mol. The Morgan fingerprint density at radius 1 is 1.35 bits per heavy atom. The van der Waals surface area contributed by atoms with Gasteiger partial charge in [-0.25, -0.2) is 0 Å². The van der Waals surface area contributed by atoms with Gasteiger partial charge in [0, 0.05) is 18.0 Å². The van der Waals surface area contributed by atoms with Crippen molar-refractivity contribution in [3.63, 3.8) is 0 Å². The first-order valence-corrected chi connectivity index (χ1v) is 7.64. The summed E-state index contributed by atoms with van der Waals surface area (Å²) >= 11 is 0. The number of amides is 1. The molecule has 1 aromatic carbocycles. The highest BCUT2D eigenvalue weighted by Crippen LogP contribution is 2.13. The molecule has 23 heavy (non-hydrogen) atoms. The number of hydrogen-bond donors (Lipinski definition) is 2. The largest absolute Gasteiger partial charge is 0.357 e. The number of benzene rings is 1. The van der Waals surface area contributed by atoms with Crippen molar-refractivity contribution in [1.82, 2.24) is 20.1 Å². The lowest BCUT2D eigenvalue weighted by atomic mass is 10.2. The van der Waals surface area contributed by atoms with E-state index in [1.54, 1.807) is 6.20 Å². The number of rotatable bonds is 5. The van der Waals surface area contributed by atoms with Crippen molar-refractivity contribution in [2.75, 3.05) is 0 Å². The third-order valence-corrected chi connectivity index (χ3v) is 3.76. The van der Waals surface area contributed by atoms with Gasteiger partial charge >= 0.3 is 0 Å². The standard InChI is InChI=1S/C18H20N4O/c1-13-8-17(19-9-13)18(23)21-14(2)16-10-20-22(12-16)11-15-6-4-3-5-7-15/h3-10,12,14,19H,11H2,1-2H3,(H,21,23). The van der Waals surface area contributed by atoms with Crippen LogP contribution >= 0.6 is 0 Å². The Kier molecular flexibility index (Phi) is 4.28. The summed E-state index contributed by atoms with van der Waals surface area (Å²) in [5.74, 6) is -0.110. The minimum absolute atomic E-state index is 0.101. The Labute approximate surface area is 135 Å². The van der Waals surface area contributed by atoms with E-state index >= 15 is 0 Å². The molecule has 1 amide bonds. The molecule has 0 saturated heterocycles. The molecule has 1 atom stereocenters. The van der Waals surface area contributed by atoms with Gasteiger partial charge in [0.25, 0.3) is 5.91 Å². The minimum Gasteiger partial charge on any atom is -0.357 e. The highest BCUT2D eigenvalue weighted by molar-refractivity contribution is 5.92. The van der Waals surface area contributed by atoms with Crippen molar-refractivity contribution in [3.8, 4) is 0 Å². The maximum absolute atomic E-state index is 12.2. The minimum atomic E-state index is -0.110. The number of aromatic amines is 1. The Hall–Kier alpha value is -2.82. The number of aryl methyl sites for hydroxylation is 1. The van der Waals surface area contributed by atoms with Crippen LogP contribution in [0.15, 0.2) is 55.0 Å². The summed E-state index contributed by atoms with van der Waals surface area (Å²) in [6.45, 7) is 4.62. The summed E-state index contributed by atoms with van der Waals surface area (Å²) in [4.78, 5) is 15.1. The molecule has 5 nitrogen and oxygen atoms in total. The van der Waals surface area contributed by atoms with Gasteiger partial charge in [0.1, 0.15) is 5.69 Å². The normalized spacial score (nSPS) is 12.1. The summed E-state index contributed by atoms with van der Waals surface area (Å²) in [6, 6.07) is 11.9. The first-order chi connectivity index (χ1) is 11.1. The van der Waals surface area contributed by atoms with Crippen LogP contribution in [0.2, 0.25) is 0 Å². The lowest BCUT2D eigenvalue weighted by Gasteiger charge is -2.11. The van der Waals surface area contributed by atoms with Crippen LogP contribution in [0, 0.1) is 6.92 Å². The Balaban J connectivity index is 1.64. The Morgan fingerprint density at radius 2 is 2.13 bits per heavy atom. The Morgan fingerprint density at radius 3 is 2.83 bits per heavy atom. The smallest absolute Gasteiger partial charge is 0.268 e. The topological polar surface area (TPSA) is 62.7 Å². The molecular formula is C18H20N4O. The number of carbonyl (C=O) groups is 1. The van der Waals surface area contributed by atoms with E-state index in [0.717, 1.165) is 17.7 Å². The van der Waals surface area contributed by atoms with Crippen LogP contribution in [0.3, 0.4) is 0 Å². The molecule has 2 N–H and O–H groups in total. The number of carbonyl (C=O) groups excluding carboxylic acids is 1. The van der Waals surface area contributed by atoms with Crippen molar-refractivity contribution in [2.45, 2.75) is 26.4 Å². The van der Waals surface area contributed by atoms with E-state index in [1.165, 1.54) is 5.56 Å². The van der Waals surface area contributed by atoms with E-state index in [1.807, 2.05) is 55.2 Å². The highest BCUT2D eigenvalue weighted by atomic mass is 16.1. The van der Waals surface area contributed by atoms with Gasteiger partial charge in [0.15, 0.2) is 0 Å². The fraction of sp³-hybridized carbons (Fsp3) is 0.222. The molecule has 3 rings (SSSR count). The lowest BCUT2D eigenvalue weighted by molar-refractivity contribution is 0.0935. The van der Waals surface area contributed by atoms with Gasteiger partial charge in [-0.15, -0.1) is 0 Å². The fourth-order valence-corrected chi connectivity index (χ4v) is 2.45. The molecule has 0 aliphatic carbocycles. The second-order valence-electron chi connectivity index (χ2n) is 5.74. The predicted octanol–water partition coefficient (Wildman–Crippen LogP) is 3.06. The van der Waals surface area contributed by atoms with Crippen molar-refractivity contribution in [1.29, 1.82) is 0 Å². The number of nitrogens with zero attached hydrogens (tertiary/aromatic N) is 2. The van der Waals surface area contributed by atoms with Gasteiger partial charge in [0.2, 0.25) is 0 Å². The first kappa shape index (κ1) is 15.1. The van der Waals surface area contributed by atoms with Gasteiger partial charge in [-0.05, 0) is 31.0 Å². The fourth-order valence-electron chi connectivity index (χ4n) is 2.45. The highest BCUT2D eigenvalue weighted by Gasteiger charge is 2.14. The molecule has 118 valence electrons. The van der Waals surface area contributed by atoms with Crippen LogP contribution in [0.5, 0.6) is 0 Å². The molecule has 0 spiro atoms. The first-order valence-electron chi connectivity index (χ1n) is 7.64. The second kappa shape index (κ2) is 6.52. The lowest BCUT2D eigenvalue weighted by Crippen LogP contribution is -2.26. The zero-order chi connectivity index (χ0) is 16.2. The predicted molar refractivity (Wildman–Crippen MR) is 89.2 cm³/mol. The SMILES string of the molecule is Cc1c[nH]c(C(=O)NC(C)c2cnn(Cc3ccccc3)c2)c1. The second-order valence-corrected chi connectivity index (χ2v) is 5.74. The van der Waals surface area contributed by atoms with Gasteiger partial charge in [-0.3, -0.25) is 9.48 Å². The molecule has 2 aromatic heterocycles. The molecule has 0 fully saturated rings. The number of H-pyrrole nitrogens is 1. The van der Waals surface area contributed by atoms with Crippen LogP contribution in [-0.2, 0) is 6.54 Å². The van der Waals surface area contributed by atoms with Crippen molar-refractivity contribution < 1.29 is 4.79 Å². The summed E-state index contributed by atoms with van der Waals surface area (Å²) < 4.78 is 1.88. The number of aromatic nitrogens is 3. The van der Waals surface area contributed by atoms with Crippen molar-refractivity contribution in [3.05, 3.63) is 77.4 Å². The van der Waals surface area contributed by atoms with Crippen molar-refractivity contribution >= 4 is 5.91 Å². The summed E-state index contributed by atoms with van der Waals surface area (Å²) in [5, 5.41) is 7.35. The van der Waals surface area contributed by atoms with Crippen LogP contribution in [0.25, 0.3) is 0 Å². The van der Waals surface area contributed by atoms with Gasteiger partial charge in [-0.1, -0.05) is 30.3 Å². The van der Waals surface area contributed by atoms with E-state index in [-0.39, 0.29) is 11.9 Å². The monoisotopic (exact) mass is 308 g/mol. The van der Waals surface area contributed by atoms with Gasteiger partial charge in [-0.2, -0.15) is 5.10 Å². The maximum atomic E-state index is 12.2. The van der Waals surface area contributed by atoms with Crippen LogP contribution in [-0.4, -0.2) is 20.7 Å². The molecule has 3 aromatic rings. The third-order valence-electron chi connectivity index (χ3n) is 3.76. The summed E-state index contributed by atoms with van der Waals surface area (Å²) in [7, 11) is 0. The van der Waals surface area contributed by atoms with Crippen LogP contribution in [0.4, 0.5) is 0 Å². The van der Waals surface area contributed by atoms with E-state index in [2.05, 4.69) is 27.5 Å². The van der Waals surface area contributed by atoms with E-state index < -0.39 is 0 Å². The van der Waals surface area contributed by atoms with E-state index in [4.69, 9.17) is 0 Å². The van der Waals surface area contributed by atoms with E-state index in [0.29, 0.717) is 5.69 Å². The van der Waals surface area contributed by atoms with Crippen LogP contribution in [0.1, 0.15) is 40.1 Å². The molecule has 0 aliphatic rings. The molecule has 0 saturated carbocycles. The number of nitrogens with one attached hydrogen (secondary N) is 2. The quantitative estimate of drug-likeness (QED) is 0.761. The summed E-state index contributed by atoms with van der Waals surface area (Å²) in [5.41, 5.74) is 3.79. The zero-order valence-electron chi connectivity index (χ0n) is 13.3. The Bertz CT molecular complexity index is 788. The molecule has 2 heterocycles. The number of hydrogen-bond acceptors (Lipinski definition) is 2. The molecule has 5 heteroatoms. The van der Waals surface area contributed by atoms with E-state index in [9.17, 15) is 4.79 Å². The third kappa shape index (κ3) is 3.69. The maximum Gasteiger partial charge on any atom is 0.268 e. The molecule has 0 aliphatic heterocycles. The van der Waals surface area contributed by atoms with Crippen LogP contribution < -0.4 is 5.32 Å². The van der Waals surface area contributed by atoms with Gasteiger partial charge in [0.05, 0.1) is 18.8 Å².